The summed E-state index contributed by atoms with van der Waals surface area (Å²) in [6.45, 7) is 3.77. The summed E-state index contributed by atoms with van der Waals surface area (Å²) in [7, 11) is 0. The number of pyridine rings is 1. The quantitative estimate of drug-likeness (QED) is 0.814. The van der Waals surface area contributed by atoms with Crippen LogP contribution in [0.3, 0.4) is 0 Å². The molecule has 0 aromatic carbocycles. The van der Waals surface area contributed by atoms with Crippen molar-refractivity contribution in [3.63, 3.8) is 0 Å². The number of carbonyl (C=O) groups excluding carboxylic acids is 1. The Balaban J connectivity index is 1.77. The third-order valence-electron chi connectivity index (χ3n) is 4.08. The summed E-state index contributed by atoms with van der Waals surface area (Å²) in [5.74, 6) is 0.653. The lowest BCUT2D eigenvalue weighted by atomic mass is 10.2. The molecule has 6 heteroatoms. The highest BCUT2D eigenvalue weighted by atomic mass is 16.5. The monoisotopic (exact) mass is 326 g/mol. The highest BCUT2D eigenvalue weighted by Gasteiger charge is 2.24. The van der Waals surface area contributed by atoms with Gasteiger partial charge in [0.2, 0.25) is 0 Å². The van der Waals surface area contributed by atoms with Gasteiger partial charge in [0, 0.05) is 38.2 Å². The summed E-state index contributed by atoms with van der Waals surface area (Å²) >= 11 is 0. The van der Waals surface area contributed by atoms with Gasteiger partial charge < -0.3 is 9.64 Å². The van der Waals surface area contributed by atoms with E-state index in [1.54, 1.807) is 23.5 Å². The van der Waals surface area contributed by atoms with E-state index < -0.39 is 0 Å². The molecule has 2 aromatic rings. The minimum Gasteiger partial charge on any atom is -0.376 e. The van der Waals surface area contributed by atoms with Gasteiger partial charge in [-0.15, -0.1) is 0 Å². The molecule has 1 fully saturated rings. The van der Waals surface area contributed by atoms with Gasteiger partial charge in [-0.3, -0.25) is 9.78 Å². The van der Waals surface area contributed by atoms with Crippen LogP contribution >= 0.6 is 0 Å². The number of aromatic nitrogens is 3. The molecule has 3 heterocycles. The fourth-order valence-electron chi connectivity index (χ4n) is 2.77. The lowest BCUT2D eigenvalue weighted by molar-refractivity contribution is 0.0503. The minimum absolute atomic E-state index is 0.0844. The fraction of sp³-hybridized carbons (Fsp3) is 0.444. The van der Waals surface area contributed by atoms with Gasteiger partial charge in [-0.25, -0.2) is 9.97 Å². The standard InChI is InChI=1S/C18H22N4O2/c1-2-17-20-10-14(11-21-17)18(23)22(13-16-7-5-9-24-16)12-15-6-3-4-8-19-15/h3-4,6,8,10-11,16H,2,5,7,9,12-13H2,1H3. The molecule has 1 aliphatic heterocycles. The Morgan fingerprint density at radius 2 is 2.12 bits per heavy atom. The van der Waals surface area contributed by atoms with Gasteiger partial charge in [-0.05, 0) is 25.0 Å². The van der Waals surface area contributed by atoms with E-state index in [1.807, 2.05) is 25.1 Å². The van der Waals surface area contributed by atoms with E-state index in [9.17, 15) is 4.79 Å². The highest BCUT2D eigenvalue weighted by molar-refractivity contribution is 5.93. The molecule has 2 aromatic heterocycles. The number of nitrogens with zero attached hydrogens (tertiary/aromatic N) is 4. The van der Waals surface area contributed by atoms with Crippen LogP contribution in [-0.2, 0) is 17.7 Å². The van der Waals surface area contributed by atoms with Crippen molar-refractivity contribution >= 4 is 5.91 Å². The lowest BCUT2D eigenvalue weighted by Crippen LogP contribution is -2.37. The number of amides is 1. The number of hydrogen-bond acceptors (Lipinski definition) is 5. The van der Waals surface area contributed by atoms with E-state index >= 15 is 0 Å². The third-order valence-corrected chi connectivity index (χ3v) is 4.08. The highest BCUT2D eigenvalue weighted by Crippen LogP contribution is 2.16. The smallest absolute Gasteiger partial charge is 0.257 e. The molecule has 1 unspecified atom stereocenters. The zero-order chi connectivity index (χ0) is 16.8. The summed E-state index contributed by atoms with van der Waals surface area (Å²) in [5.41, 5.74) is 1.36. The SMILES string of the molecule is CCc1ncc(C(=O)N(Cc2ccccn2)CC2CCCO2)cn1. The maximum atomic E-state index is 12.9. The molecule has 24 heavy (non-hydrogen) atoms. The van der Waals surface area contributed by atoms with Crippen LogP contribution < -0.4 is 0 Å². The van der Waals surface area contributed by atoms with Crippen LogP contribution in [0.2, 0.25) is 0 Å². The van der Waals surface area contributed by atoms with Crippen LogP contribution in [0.25, 0.3) is 0 Å². The minimum atomic E-state index is -0.0844. The van der Waals surface area contributed by atoms with Crippen LogP contribution in [-0.4, -0.2) is 45.0 Å². The molecule has 0 saturated carbocycles. The van der Waals surface area contributed by atoms with Crippen molar-refractivity contribution in [2.45, 2.75) is 38.8 Å². The maximum absolute atomic E-state index is 12.9. The van der Waals surface area contributed by atoms with Crippen molar-refractivity contribution in [3.8, 4) is 0 Å². The van der Waals surface area contributed by atoms with Gasteiger partial charge in [0.25, 0.3) is 5.91 Å². The molecule has 1 aliphatic rings. The summed E-state index contributed by atoms with van der Waals surface area (Å²) in [6, 6.07) is 5.72. The topological polar surface area (TPSA) is 68.2 Å². The molecular formula is C18H22N4O2. The fourth-order valence-corrected chi connectivity index (χ4v) is 2.77. The summed E-state index contributed by atoms with van der Waals surface area (Å²) in [6.07, 6.45) is 7.82. The number of ether oxygens (including phenoxy) is 1. The van der Waals surface area contributed by atoms with Gasteiger partial charge in [0.05, 0.1) is 23.9 Å². The normalized spacial score (nSPS) is 17.0. The van der Waals surface area contributed by atoms with Crippen LogP contribution in [0, 0.1) is 0 Å². The first-order valence-electron chi connectivity index (χ1n) is 8.38. The van der Waals surface area contributed by atoms with Gasteiger partial charge in [-0.1, -0.05) is 13.0 Å². The lowest BCUT2D eigenvalue weighted by Gasteiger charge is -2.25. The number of rotatable bonds is 6. The Kier molecular flexibility index (Phi) is 5.48. The van der Waals surface area contributed by atoms with E-state index in [2.05, 4.69) is 15.0 Å². The van der Waals surface area contributed by atoms with Crippen LogP contribution in [0.1, 0.15) is 41.6 Å². The second-order valence-corrected chi connectivity index (χ2v) is 5.88. The molecule has 0 bridgehead atoms. The summed E-state index contributed by atoms with van der Waals surface area (Å²) in [5, 5.41) is 0. The molecule has 1 amide bonds. The molecule has 0 radical (unpaired) electrons. The van der Waals surface area contributed by atoms with Crippen molar-refractivity contribution in [2.75, 3.05) is 13.2 Å². The van der Waals surface area contributed by atoms with Crippen molar-refractivity contribution in [3.05, 3.63) is 53.9 Å². The third kappa shape index (κ3) is 4.14. The summed E-state index contributed by atoms with van der Waals surface area (Å²) < 4.78 is 5.70. The predicted octanol–water partition coefficient (Wildman–Crippen LogP) is 2.26. The Labute approximate surface area is 141 Å². The van der Waals surface area contributed by atoms with E-state index in [0.717, 1.165) is 37.4 Å². The van der Waals surface area contributed by atoms with Crippen LogP contribution in [0.5, 0.6) is 0 Å². The zero-order valence-corrected chi connectivity index (χ0v) is 13.9. The first-order chi connectivity index (χ1) is 11.8. The van der Waals surface area contributed by atoms with Crippen molar-refractivity contribution < 1.29 is 9.53 Å². The van der Waals surface area contributed by atoms with Gasteiger partial charge >= 0.3 is 0 Å². The Morgan fingerprint density at radius 1 is 1.29 bits per heavy atom. The molecule has 6 nitrogen and oxygen atoms in total. The van der Waals surface area contributed by atoms with Crippen molar-refractivity contribution in [2.24, 2.45) is 0 Å². The largest absolute Gasteiger partial charge is 0.376 e. The van der Waals surface area contributed by atoms with Crippen LogP contribution in [0.15, 0.2) is 36.8 Å². The van der Waals surface area contributed by atoms with Gasteiger partial charge in [0.1, 0.15) is 5.82 Å². The second-order valence-electron chi connectivity index (χ2n) is 5.88. The average Bonchev–Trinajstić information content (AvgIpc) is 3.15. The molecule has 1 atom stereocenters. The molecule has 3 rings (SSSR count). The van der Waals surface area contributed by atoms with E-state index in [0.29, 0.717) is 18.7 Å². The second kappa shape index (κ2) is 7.97. The van der Waals surface area contributed by atoms with Crippen LogP contribution in [0.4, 0.5) is 0 Å². The molecule has 0 N–H and O–H groups in total. The Morgan fingerprint density at radius 3 is 2.75 bits per heavy atom. The van der Waals surface area contributed by atoms with Gasteiger partial charge in [0.15, 0.2) is 0 Å². The van der Waals surface area contributed by atoms with E-state index in [4.69, 9.17) is 4.74 Å². The van der Waals surface area contributed by atoms with E-state index in [-0.39, 0.29) is 12.0 Å². The number of carbonyl (C=O) groups is 1. The number of hydrogen-bond donors (Lipinski definition) is 0. The maximum Gasteiger partial charge on any atom is 0.257 e. The Hall–Kier alpha value is -2.34. The zero-order valence-electron chi connectivity index (χ0n) is 13.9. The number of aryl methyl sites for hydroxylation is 1. The van der Waals surface area contributed by atoms with Crippen molar-refractivity contribution in [1.82, 2.24) is 19.9 Å². The summed E-state index contributed by atoms with van der Waals surface area (Å²) in [4.78, 5) is 27.5. The molecule has 0 aliphatic carbocycles. The predicted molar refractivity (Wildman–Crippen MR) is 89.4 cm³/mol. The Bertz CT molecular complexity index is 654. The average molecular weight is 326 g/mol. The van der Waals surface area contributed by atoms with Crippen molar-refractivity contribution in [1.29, 1.82) is 0 Å². The molecule has 126 valence electrons. The molecule has 0 spiro atoms. The van der Waals surface area contributed by atoms with Gasteiger partial charge in [-0.2, -0.15) is 0 Å². The first-order valence-corrected chi connectivity index (χ1v) is 8.38. The van der Waals surface area contributed by atoms with E-state index in [1.165, 1.54) is 0 Å². The first kappa shape index (κ1) is 16.5. The molecular weight excluding hydrogens is 304 g/mol. The molecule has 1 saturated heterocycles.